The largest absolute Gasteiger partial charge is 0.467 e. The summed E-state index contributed by atoms with van der Waals surface area (Å²) in [5.41, 5.74) is 0. The normalized spacial score (nSPS) is 24.0. The van der Waals surface area contributed by atoms with Gasteiger partial charge in [0.25, 0.3) is 0 Å². The van der Waals surface area contributed by atoms with Crippen LogP contribution in [0, 0.1) is 0 Å². The predicted molar refractivity (Wildman–Crippen MR) is 65.3 cm³/mol. The van der Waals surface area contributed by atoms with Gasteiger partial charge in [0.1, 0.15) is 6.04 Å². The van der Waals surface area contributed by atoms with Crippen LogP contribution in [0.25, 0.3) is 0 Å². The lowest BCUT2D eigenvalue weighted by molar-refractivity contribution is -0.151. The van der Waals surface area contributed by atoms with E-state index in [0.29, 0.717) is 6.42 Å². The molecule has 4 nitrogen and oxygen atoms in total. The first-order chi connectivity index (χ1) is 8.15. The van der Waals surface area contributed by atoms with Gasteiger partial charge in [0.05, 0.1) is 13.2 Å². The summed E-state index contributed by atoms with van der Waals surface area (Å²) in [5.74, 6) is -0.412. The van der Waals surface area contributed by atoms with Gasteiger partial charge < -0.3 is 9.64 Å². The topological polar surface area (TPSA) is 46.6 Å². The van der Waals surface area contributed by atoms with Gasteiger partial charge in [-0.1, -0.05) is 18.2 Å². The third kappa shape index (κ3) is 2.96. The van der Waals surface area contributed by atoms with Crippen LogP contribution in [0.1, 0.15) is 26.2 Å². The van der Waals surface area contributed by atoms with Crippen LogP contribution < -0.4 is 0 Å². The molecule has 1 aliphatic heterocycles. The van der Waals surface area contributed by atoms with E-state index in [1.54, 1.807) is 11.0 Å². The maximum atomic E-state index is 12.0. The number of carbonyl (C=O) groups excluding carboxylic acids is 2. The van der Waals surface area contributed by atoms with Crippen molar-refractivity contribution in [1.29, 1.82) is 0 Å². The SMILES string of the molecule is C=CCC(=O)N1[C@H](/C=C\C)CC[C@H]1C(=O)OC. The van der Waals surface area contributed by atoms with Gasteiger partial charge in [-0.25, -0.2) is 4.79 Å². The quantitative estimate of drug-likeness (QED) is 0.552. The average molecular weight is 237 g/mol. The van der Waals surface area contributed by atoms with Crippen LogP contribution in [0.5, 0.6) is 0 Å². The Balaban J connectivity index is 2.89. The molecule has 0 aromatic rings. The van der Waals surface area contributed by atoms with E-state index < -0.39 is 6.04 Å². The summed E-state index contributed by atoms with van der Waals surface area (Å²) in [6.45, 7) is 5.46. The number of rotatable bonds is 4. The monoisotopic (exact) mass is 237 g/mol. The average Bonchev–Trinajstić information content (AvgIpc) is 2.72. The molecule has 1 amide bonds. The summed E-state index contributed by atoms with van der Waals surface area (Å²) in [4.78, 5) is 25.2. The van der Waals surface area contributed by atoms with Crippen molar-refractivity contribution in [2.45, 2.75) is 38.3 Å². The molecule has 0 N–H and O–H groups in total. The Morgan fingerprint density at radius 1 is 1.47 bits per heavy atom. The molecule has 1 rings (SSSR count). The molecule has 17 heavy (non-hydrogen) atoms. The zero-order valence-electron chi connectivity index (χ0n) is 10.4. The zero-order valence-corrected chi connectivity index (χ0v) is 10.4. The minimum absolute atomic E-state index is 0.00319. The number of hydrogen-bond acceptors (Lipinski definition) is 3. The lowest BCUT2D eigenvalue weighted by atomic mass is 10.2. The van der Waals surface area contributed by atoms with E-state index in [1.165, 1.54) is 7.11 Å². The molecule has 94 valence electrons. The number of nitrogens with zero attached hydrogens (tertiary/aromatic N) is 1. The Morgan fingerprint density at radius 3 is 2.71 bits per heavy atom. The van der Waals surface area contributed by atoms with E-state index in [-0.39, 0.29) is 24.3 Å². The summed E-state index contributed by atoms with van der Waals surface area (Å²) in [6, 6.07) is -0.454. The second-order valence-corrected chi connectivity index (χ2v) is 4.00. The molecule has 1 fully saturated rings. The van der Waals surface area contributed by atoms with Gasteiger partial charge >= 0.3 is 5.97 Å². The van der Waals surface area contributed by atoms with E-state index in [0.717, 1.165) is 6.42 Å². The highest BCUT2D eigenvalue weighted by Crippen LogP contribution is 2.26. The lowest BCUT2D eigenvalue weighted by Crippen LogP contribution is -2.44. The summed E-state index contributed by atoms with van der Waals surface area (Å²) in [5, 5.41) is 0. The standard InChI is InChI=1S/C13H19NO3/c1-4-6-10-8-9-11(13(16)17-3)14(10)12(15)7-5-2/h4-6,10-11H,2,7-9H2,1,3H3/b6-4-/t10-,11+/m1/s1. The number of carbonyl (C=O) groups is 2. The molecule has 0 radical (unpaired) electrons. The van der Waals surface area contributed by atoms with Crippen molar-refractivity contribution in [3.05, 3.63) is 24.8 Å². The highest BCUT2D eigenvalue weighted by atomic mass is 16.5. The van der Waals surface area contributed by atoms with Gasteiger partial charge in [-0.2, -0.15) is 0 Å². The zero-order chi connectivity index (χ0) is 12.8. The lowest BCUT2D eigenvalue weighted by Gasteiger charge is -2.27. The Hall–Kier alpha value is -1.58. The fourth-order valence-electron chi connectivity index (χ4n) is 2.20. The maximum absolute atomic E-state index is 12.0. The van der Waals surface area contributed by atoms with Crippen molar-refractivity contribution in [1.82, 2.24) is 4.90 Å². The van der Waals surface area contributed by atoms with Gasteiger partial charge in [0, 0.05) is 6.42 Å². The van der Waals surface area contributed by atoms with Crippen molar-refractivity contribution in [3.63, 3.8) is 0 Å². The predicted octanol–water partition coefficient (Wildman–Crippen LogP) is 1.67. The van der Waals surface area contributed by atoms with E-state index in [1.807, 2.05) is 19.1 Å². The van der Waals surface area contributed by atoms with Crippen LogP contribution in [-0.4, -0.2) is 36.0 Å². The van der Waals surface area contributed by atoms with Gasteiger partial charge in [-0.3, -0.25) is 4.79 Å². The second-order valence-electron chi connectivity index (χ2n) is 4.00. The van der Waals surface area contributed by atoms with Gasteiger partial charge in [-0.05, 0) is 19.8 Å². The Kier molecular flexibility index (Phi) is 4.94. The smallest absolute Gasteiger partial charge is 0.328 e. The molecule has 0 bridgehead atoms. The minimum atomic E-state index is -0.450. The molecule has 2 atom stereocenters. The van der Waals surface area contributed by atoms with Crippen LogP contribution in [0.3, 0.4) is 0 Å². The number of ether oxygens (including phenoxy) is 1. The number of methoxy groups -OCH3 is 1. The molecule has 0 aliphatic carbocycles. The van der Waals surface area contributed by atoms with Crippen molar-refractivity contribution in [3.8, 4) is 0 Å². The molecule has 1 aliphatic rings. The molecular formula is C13H19NO3. The Morgan fingerprint density at radius 2 is 2.18 bits per heavy atom. The van der Waals surface area contributed by atoms with Crippen molar-refractivity contribution < 1.29 is 14.3 Å². The number of allylic oxidation sites excluding steroid dienone is 1. The Bertz CT molecular complexity index is 336. The summed E-state index contributed by atoms with van der Waals surface area (Å²) in [7, 11) is 1.35. The van der Waals surface area contributed by atoms with E-state index in [4.69, 9.17) is 4.74 Å². The van der Waals surface area contributed by atoms with Crippen LogP contribution in [0.4, 0.5) is 0 Å². The first-order valence-electron chi connectivity index (χ1n) is 5.78. The molecule has 0 unspecified atom stereocenters. The number of esters is 1. The third-order valence-electron chi connectivity index (χ3n) is 2.92. The molecule has 4 heteroatoms. The fraction of sp³-hybridized carbons (Fsp3) is 0.538. The Labute approximate surface area is 102 Å². The van der Waals surface area contributed by atoms with Crippen LogP contribution in [0.2, 0.25) is 0 Å². The summed E-state index contributed by atoms with van der Waals surface area (Å²) in [6.07, 6.45) is 7.11. The van der Waals surface area contributed by atoms with E-state index in [2.05, 4.69) is 6.58 Å². The highest BCUT2D eigenvalue weighted by Gasteiger charge is 2.39. The van der Waals surface area contributed by atoms with Crippen LogP contribution >= 0.6 is 0 Å². The molecule has 0 spiro atoms. The van der Waals surface area contributed by atoms with Crippen LogP contribution in [-0.2, 0) is 14.3 Å². The molecule has 1 saturated heterocycles. The summed E-state index contributed by atoms with van der Waals surface area (Å²) < 4.78 is 4.74. The van der Waals surface area contributed by atoms with Gasteiger partial charge in [-0.15, -0.1) is 6.58 Å². The molecule has 0 aromatic heterocycles. The molecular weight excluding hydrogens is 218 g/mol. The fourth-order valence-corrected chi connectivity index (χ4v) is 2.20. The first-order valence-corrected chi connectivity index (χ1v) is 5.78. The molecule has 1 heterocycles. The maximum Gasteiger partial charge on any atom is 0.328 e. The minimum Gasteiger partial charge on any atom is -0.467 e. The van der Waals surface area contributed by atoms with Crippen LogP contribution in [0.15, 0.2) is 24.8 Å². The number of likely N-dealkylation sites (tertiary alicyclic amines) is 1. The number of amides is 1. The van der Waals surface area contributed by atoms with Crippen molar-refractivity contribution in [2.75, 3.05) is 7.11 Å². The molecule has 0 saturated carbocycles. The first kappa shape index (κ1) is 13.5. The van der Waals surface area contributed by atoms with Gasteiger partial charge in [0.2, 0.25) is 5.91 Å². The van der Waals surface area contributed by atoms with Gasteiger partial charge in [0.15, 0.2) is 0 Å². The van der Waals surface area contributed by atoms with Crippen molar-refractivity contribution >= 4 is 11.9 Å². The second kappa shape index (κ2) is 6.23. The highest BCUT2D eigenvalue weighted by molar-refractivity contribution is 5.86. The van der Waals surface area contributed by atoms with E-state index >= 15 is 0 Å². The number of hydrogen-bond donors (Lipinski definition) is 0. The van der Waals surface area contributed by atoms with E-state index in [9.17, 15) is 9.59 Å². The summed E-state index contributed by atoms with van der Waals surface area (Å²) >= 11 is 0. The molecule has 0 aromatic carbocycles. The van der Waals surface area contributed by atoms with Crippen molar-refractivity contribution in [2.24, 2.45) is 0 Å². The third-order valence-corrected chi connectivity index (χ3v) is 2.92.